The molecule has 2 aromatic carbocycles. The molecule has 0 bridgehead atoms. The maximum Gasteiger partial charge on any atom is 0.573 e. The summed E-state index contributed by atoms with van der Waals surface area (Å²) in [6.07, 6.45) is -2.03. The number of aromatic nitrogens is 2. The summed E-state index contributed by atoms with van der Waals surface area (Å²) in [4.78, 5) is 12.7. The lowest BCUT2D eigenvalue weighted by atomic mass is 10.1. The Labute approximate surface area is 211 Å². The van der Waals surface area contributed by atoms with Gasteiger partial charge in [0, 0.05) is 12.2 Å². The minimum Gasteiger partial charge on any atom is -0.493 e. The second kappa shape index (κ2) is 11.6. The van der Waals surface area contributed by atoms with Gasteiger partial charge >= 0.3 is 6.36 Å². The van der Waals surface area contributed by atoms with E-state index in [1.165, 1.54) is 30.3 Å². The van der Waals surface area contributed by atoms with Crippen molar-refractivity contribution in [1.82, 2.24) is 15.1 Å². The zero-order chi connectivity index (χ0) is 26.4. The third kappa shape index (κ3) is 6.79. The smallest absolute Gasteiger partial charge is 0.493 e. The number of carbonyl (C=O) groups excluding carboxylic acids is 1. The van der Waals surface area contributed by atoms with Crippen molar-refractivity contribution in [3.05, 3.63) is 65.6 Å². The van der Waals surface area contributed by atoms with Crippen molar-refractivity contribution in [3.8, 4) is 22.8 Å². The molecule has 1 aliphatic heterocycles. The predicted molar refractivity (Wildman–Crippen MR) is 127 cm³/mol. The Hall–Kier alpha value is -3.60. The number of rotatable bonds is 9. The van der Waals surface area contributed by atoms with Gasteiger partial charge in [-0.15, -0.1) is 13.2 Å². The van der Waals surface area contributed by atoms with Gasteiger partial charge in [-0.1, -0.05) is 19.1 Å². The van der Waals surface area contributed by atoms with E-state index in [2.05, 4.69) is 15.2 Å². The van der Waals surface area contributed by atoms with Crippen molar-refractivity contribution < 1.29 is 36.6 Å². The van der Waals surface area contributed by atoms with Crippen LogP contribution in [0.15, 0.2) is 48.5 Å². The zero-order valence-electron chi connectivity index (χ0n) is 20.2. The summed E-state index contributed by atoms with van der Waals surface area (Å²) in [5, 5.41) is 7.18. The third-order valence-electron chi connectivity index (χ3n) is 5.68. The van der Waals surface area contributed by atoms with E-state index in [4.69, 9.17) is 9.47 Å². The van der Waals surface area contributed by atoms with Crippen LogP contribution in [0.5, 0.6) is 11.5 Å². The molecule has 0 radical (unpaired) electrons. The number of ether oxygens (including phenoxy) is 3. The molecule has 7 nitrogen and oxygen atoms in total. The van der Waals surface area contributed by atoms with Crippen LogP contribution in [0.25, 0.3) is 11.3 Å². The second-order valence-electron chi connectivity index (χ2n) is 8.50. The van der Waals surface area contributed by atoms with Crippen LogP contribution in [0.4, 0.5) is 17.6 Å². The Morgan fingerprint density at radius 2 is 1.97 bits per heavy atom. The molecule has 0 spiro atoms. The van der Waals surface area contributed by atoms with Gasteiger partial charge in [0.25, 0.3) is 5.91 Å². The maximum atomic E-state index is 14.3. The molecule has 1 fully saturated rings. The Kier molecular flexibility index (Phi) is 8.32. The molecule has 1 aliphatic rings. The van der Waals surface area contributed by atoms with Crippen LogP contribution in [0, 0.1) is 5.82 Å². The molecular weight excluding hydrogens is 494 g/mol. The quantitative estimate of drug-likeness (QED) is 0.350. The molecule has 37 heavy (non-hydrogen) atoms. The molecule has 1 saturated heterocycles. The number of nitrogens with zero attached hydrogens (tertiary/aromatic N) is 2. The van der Waals surface area contributed by atoms with Gasteiger partial charge in [0.05, 0.1) is 30.1 Å². The highest BCUT2D eigenvalue weighted by atomic mass is 19.4. The summed E-state index contributed by atoms with van der Waals surface area (Å²) in [5.41, 5.74) is 1.17. The van der Waals surface area contributed by atoms with Crippen molar-refractivity contribution in [3.63, 3.8) is 0 Å². The molecule has 2 heterocycles. The molecule has 1 atom stereocenters. The lowest BCUT2D eigenvalue weighted by Gasteiger charge is -2.25. The number of para-hydroxylation sites is 1. The van der Waals surface area contributed by atoms with Gasteiger partial charge in [-0.2, -0.15) is 5.10 Å². The molecule has 0 aliphatic carbocycles. The molecule has 4 rings (SSSR count). The largest absolute Gasteiger partial charge is 0.573 e. The van der Waals surface area contributed by atoms with Gasteiger partial charge in [0.1, 0.15) is 17.3 Å². The van der Waals surface area contributed by atoms with Gasteiger partial charge in [-0.3, -0.25) is 4.79 Å². The first-order valence-electron chi connectivity index (χ1n) is 12.0. The molecular formula is C26H27F4N3O4. The van der Waals surface area contributed by atoms with Gasteiger partial charge in [-0.25, -0.2) is 9.07 Å². The number of carbonyl (C=O) groups is 1. The lowest BCUT2D eigenvalue weighted by Crippen LogP contribution is -2.26. The molecule has 11 heteroatoms. The molecule has 1 N–H and O–H groups in total. The molecule has 1 amide bonds. The van der Waals surface area contributed by atoms with Crippen LogP contribution in [0.3, 0.4) is 0 Å². The van der Waals surface area contributed by atoms with Crippen molar-refractivity contribution >= 4 is 5.91 Å². The highest BCUT2D eigenvalue weighted by molar-refractivity contribution is 5.96. The fourth-order valence-electron chi connectivity index (χ4n) is 4.04. The number of amides is 1. The van der Waals surface area contributed by atoms with Gasteiger partial charge in [0.2, 0.25) is 0 Å². The first-order chi connectivity index (χ1) is 17.7. The molecule has 0 saturated carbocycles. The number of benzene rings is 2. The number of halogens is 4. The average Bonchev–Trinajstić information content (AvgIpc) is 3.30. The van der Waals surface area contributed by atoms with E-state index in [0.717, 1.165) is 25.3 Å². The average molecular weight is 522 g/mol. The van der Waals surface area contributed by atoms with E-state index in [9.17, 15) is 22.4 Å². The fraction of sp³-hybridized carbons (Fsp3) is 0.385. The Morgan fingerprint density at radius 3 is 2.70 bits per heavy atom. The highest BCUT2D eigenvalue weighted by Crippen LogP contribution is 2.35. The second-order valence-corrected chi connectivity index (χ2v) is 8.50. The molecule has 1 aromatic heterocycles. The van der Waals surface area contributed by atoms with Crippen molar-refractivity contribution in [1.29, 1.82) is 0 Å². The number of nitrogens with one attached hydrogen (secondary N) is 1. The summed E-state index contributed by atoms with van der Waals surface area (Å²) in [6, 6.07) is 11.0. The fourth-order valence-corrected chi connectivity index (χ4v) is 4.04. The van der Waals surface area contributed by atoms with Crippen LogP contribution < -0.4 is 14.8 Å². The minimum absolute atomic E-state index is 0.0909. The number of hydrogen-bond donors (Lipinski definition) is 1. The van der Waals surface area contributed by atoms with E-state index in [-0.39, 0.29) is 12.1 Å². The Morgan fingerprint density at radius 1 is 1.16 bits per heavy atom. The molecule has 1 unspecified atom stereocenters. The first-order valence-corrected chi connectivity index (χ1v) is 12.0. The summed E-state index contributed by atoms with van der Waals surface area (Å²) in [7, 11) is 0. The van der Waals surface area contributed by atoms with E-state index >= 15 is 0 Å². The summed E-state index contributed by atoms with van der Waals surface area (Å²) >= 11 is 0. The van der Waals surface area contributed by atoms with Crippen molar-refractivity contribution in [2.24, 2.45) is 0 Å². The van der Waals surface area contributed by atoms with E-state index in [0.29, 0.717) is 42.3 Å². The van der Waals surface area contributed by atoms with Crippen molar-refractivity contribution in [2.45, 2.75) is 51.7 Å². The van der Waals surface area contributed by atoms with E-state index in [1.807, 2.05) is 6.92 Å². The summed E-state index contributed by atoms with van der Waals surface area (Å²) < 4.78 is 69.9. The minimum atomic E-state index is -4.94. The molecule has 3 aromatic rings. The van der Waals surface area contributed by atoms with Crippen LogP contribution in [0.2, 0.25) is 0 Å². The summed E-state index contributed by atoms with van der Waals surface area (Å²) in [6.45, 7) is 2.86. The van der Waals surface area contributed by atoms with E-state index < -0.39 is 30.1 Å². The first kappa shape index (κ1) is 26.5. The number of hydrogen-bond acceptors (Lipinski definition) is 5. The van der Waals surface area contributed by atoms with Crippen molar-refractivity contribution in [2.75, 3.05) is 13.2 Å². The normalized spacial score (nSPS) is 15.9. The van der Waals surface area contributed by atoms with Crippen LogP contribution in [-0.4, -0.2) is 35.3 Å². The standard InChI is InChI=1S/C26H27F4N3O4/c1-2-12-35-22-11-10-17(27)14-20(22)21-15-18(32-33(21)24-9-5-6-13-36-24)16-31-25(34)19-7-3-4-8-23(19)37-26(28,29)30/h3-4,7-8,10-11,14-15,24H,2,5-6,9,12-13,16H2,1H3,(H,31,34). The van der Waals surface area contributed by atoms with Gasteiger partial charge in [0.15, 0.2) is 6.23 Å². The maximum absolute atomic E-state index is 14.3. The monoisotopic (exact) mass is 521 g/mol. The summed E-state index contributed by atoms with van der Waals surface area (Å²) in [5.74, 6) is -1.34. The predicted octanol–water partition coefficient (Wildman–Crippen LogP) is 6.01. The topological polar surface area (TPSA) is 74.6 Å². The van der Waals surface area contributed by atoms with Crippen LogP contribution in [-0.2, 0) is 11.3 Å². The van der Waals surface area contributed by atoms with Crippen LogP contribution >= 0.6 is 0 Å². The van der Waals surface area contributed by atoms with Gasteiger partial charge < -0.3 is 19.5 Å². The van der Waals surface area contributed by atoms with Crippen LogP contribution in [0.1, 0.15) is 54.9 Å². The van der Waals surface area contributed by atoms with Gasteiger partial charge in [-0.05, 0) is 62.1 Å². The Balaban J connectivity index is 1.62. The lowest BCUT2D eigenvalue weighted by molar-refractivity contribution is -0.274. The third-order valence-corrected chi connectivity index (χ3v) is 5.68. The van der Waals surface area contributed by atoms with E-state index in [1.54, 1.807) is 16.8 Å². The SMILES string of the molecule is CCCOc1ccc(F)cc1-c1cc(CNC(=O)c2ccccc2OC(F)(F)F)nn1C1CCCCO1. The Bertz CT molecular complexity index is 1220. The highest BCUT2D eigenvalue weighted by Gasteiger charge is 2.33. The number of alkyl halides is 3. The zero-order valence-corrected chi connectivity index (χ0v) is 20.2. The molecule has 198 valence electrons.